The van der Waals surface area contributed by atoms with E-state index in [0.717, 1.165) is 37.1 Å². The molecule has 1 atom stereocenters. The highest BCUT2D eigenvalue weighted by molar-refractivity contribution is 5.97. The van der Waals surface area contributed by atoms with Crippen LogP contribution in [0.4, 0.5) is 5.69 Å². The van der Waals surface area contributed by atoms with E-state index in [2.05, 4.69) is 6.92 Å². The summed E-state index contributed by atoms with van der Waals surface area (Å²) in [5.41, 5.74) is 3.12. The molecule has 4 nitrogen and oxygen atoms in total. The first-order valence-electron chi connectivity index (χ1n) is 8.58. The van der Waals surface area contributed by atoms with Crippen LogP contribution in [0.25, 0.3) is 0 Å². The molecule has 1 saturated heterocycles. The molecule has 1 heterocycles. The molecule has 0 aliphatic carbocycles. The number of anilines is 1. The minimum Gasteiger partial charge on any atom is -0.338 e. The number of hydrogen-bond acceptors (Lipinski definition) is 2. The molecule has 23 heavy (non-hydrogen) atoms. The van der Waals surface area contributed by atoms with Gasteiger partial charge in [-0.2, -0.15) is 0 Å². The van der Waals surface area contributed by atoms with E-state index < -0.39 is 0 Å². The summed E-state index contributed by atoms with van der Waals surface area (Å²) in [7, 11) is 0. The molecule has 0 bridgehead atoms. The number of carbonyl (C=O) groups is 2. The molecule has 0 spiro atoms. The average molecular weight is 316 g/mol. The Balaban J connectivity index is 2.17. The lowest BCUT2D eigenvalue weighted by atomic mass is 10.00. The van der Waals surface area contributed by atoms with E-state index in [1.165, 1.54) is 18.9 Å². The largest absolute Gasteiger partial charge is 0.338 e. The fourth-order valence-electron chi connectivity index (χ4n) is 3.26. The fourth-order valence-corrected chi connectivity index (χ4v) is 3.26. The number of piperidine rings is 1. The van der Waals surface area contributed by atoms with Gasteiger partial charge in [0.15, 0.2) is 0 Å². The monoisotopic (exact) mass is 316 g/mol. The van der Waals surface area contributed by atoms with Crippen LogP contribution in [0.15, 0.2) is 18.2 Å². The minimum atomic E-state index is -0.0911. The maximum absolute atomic E-state index is 12.7. The average Bonchev–Trinajstić information content (AvgIpc) is 2.54. The van der Waals surface area contributed by atoms with Gasteiger partial charge in [-0.25, -0.2) is 0 Å². The van der Waals surface area contributed by atoms with E-state index in [1.54, 1.807) is 4.90 Å². The number of nitrogens with zero attached hydrogens (tertiary/aromatic N) is 2. The number of carbonyl (C=O) groups excluding carboxylic acids is 2. The molecule has 1 unspecified atom stereocenters. The molecule has 1 aliphatic rings. The van der Waals surface area contributed by atoms with Crippen molar-refractivity contribution in [2.75, 3.05) is 18.0 Å². The normalized spacial score (nSPS) is 17.9. The fraction of sp³-hybridized carbons (Fsp3) is 0.579. The molecule has 0 radical (unpaired) electrons. The zero-order valence-corrected chi connectivity index (χ0v) is 14.8. The Morgan fingerprint density at radius 1 is 1.22 bits per heavy atom. The van der Waals surface area contributed by atoms with Gasteiger partial charge in [0, 0.05) is 25.2 Å². The van der Waals surface area contributed by atoms with Crippen molar-refractivity contribution < 1.29 is 9.59 Å². The standard InChI is InChI=1S/C19H28N2O2/c1-5-17-8-6-7-11-20(17)19(23)13-21(16(4)22)18-10-9-14(2)15(3)12-18/h9-10,12,17H,5-8,11,13H2,1-4H3. The van der Waals surface area contributed by atoms with Crippen molar-refractivity contribution in [2.24, 2.45) is 0 Å². The third-order valence-electron chi connectivity index (χ3n) is 4.89. The van der Waals surface area contributed by atoms with E-state index in [4.69, 9.17) is 0 Å². The molecule has 1 aromatic carbocycles. The Morgan fingerprint density at radius 3 is 2.57 bits per heavy atom. The van der Waals surface area contributed by atoms with E-state index in [0.29, 0.717) is 6.04 Å². The maximum atomic E-state index is 12.7. The van der Waals surface area contributed by atoms with Crippen molar-refractivity contribution in [3.63, 3.8) is 0 Å². The molecular formula is C19H28N2O2. The van der Waals surface area contributed by atoms with Crippen molar-refractivity contribution in [3.05, 3.63) is 29.3 Å². The van der Waals surface area contributed by atoms with E-state index in [9.17, 15) is 9.59 Å². The molecule has 0 saturated carbocycles. The van der Waals surface area contributed by atoms with Gasteiger partial charge in [0.05, 0.1) is 0 Å². The Labute approximate surface area is 139 Å². The molecule has 1 fully saturated rings. The molecule has 4 heteroatoms. The number of rotatable bonds is 4. The summed E-state index contributed by atoms with van der Waals surface area (Å²) >= 11 is 0. The summed E-state index contributed by atoms with van der Waals surface area (Å²) in [6.45, 7) is 8.67. The predicted molar refractivity (Wildman–Crippen MR) is 93.6 cm³/mol. The predicted octanol–water partition coefficient (Wildman–Crippen LogP) is 3.45. The highest BCUT2D eigenvalue weighted by Gasteiger charge is 2.27. The first-order chi connectivity index (χ1) is 10.9. The molecular weight excluding hydrogens is 288 g/mol. The van der Waals surface area contributed by atoms with Crippen molar-refractivity contribution in [1.82, 2.24) is 4.90 Å². The number of amides is 2. The molecule has 2 amide bonds. The van der Waals surface area contributed by atoms with Gasteiger partial charge in [-0.05, 0) is 62.8 Å². The van der Waals surface area contributed by atoms with Gasteiger partial charge >= 0.3 is 0 Å². The highest BCUT2D eigenvalue weighted by Crippen LogP contribution is 2.22. The quantitative estimate of drug-likeness (QED) is 0.853. The van der Waals surface area contributed by atoms with Gasteiger partial charge < -0.3 is 9.80 Å². The van der Waals surface area contributed by atoms with E-state index in [-0.39, 0.29) is 18.4 Å². The Hall–Kier alpha value is -1.84. The highest BCUT2D eigenvalue weighted by atomic mass is 16.2. The first kappa shape index (κ1) is 17.5. The van der Waals surface area contributed by atoms with Crippen molar-refractivity contribution in [2.45, 2.75) is 59.4 Å². The Morgan fingerprint density at radius 2 is 1.96 bits per heavy atom. The summed E-state index contributed by atoms with van der Waals surface area (Å²) in [5.74, 6) is -0.0309. The Bertz CT molecular complexity index is 583. The minimum absolute atomic E-state index is 0.0602. The summed E-state index contributed by atoms with van der Waals surface area (Å²) in [6.07, 6.45) is 4.31. The van der Waals surface area contributed by atoms with Crippen LogP contribution < -0.4 is 4.90 Å². The first-order valence-corrected chi connectivity index (χ1v) is 8.58. The lowest BCUT2D eigenvalue weighted by molar-refractivity contribution is -0.134. The second-order valence-electron chi connectivity index (χ2n) is 6.52. The molecule has 0 aromatic heterocycles. The smallest absolute Gasteiger partial charge is 0.242 e. The topological polar surface area (TPSA) is 40.6 Å². The SMILES string of the molecule is CCC1CCCCN1C(=O)CN(C(C)=O)c1ccc(C)c(C)c1. The van der Waals surface area contributed by atoms with Crippen LogP contribution in [-0.4, -0.2) is 35.8 Å². The van der Waals surface area contributed by atoms with Gasteiger partial charge in [-0.15, -0.1) is 0 Å². The maximum Gasteiger partial charge on any atom is 0.242 e. The number of likely N-dealkylation sites (tertiary alicyclic amines) is 1. The van der Waals surface area contributed by atoms with Crippen LogP contribution in [0.5, 0.6) is 0 Å². The van der Waals surface area contributed by atoms with Crippen molar-refractivity contribution in [1.29, 1.82) is 0 Å². The summed E-state index contributed by atoms with van der Waals surface area (Å²) in [4.78, 5) is 28.4. The zero-order valence-electron chi connectivity index (χ0n) is 14.8. The second-order valence-corrected chi connectivity index (χ2v) is 6.52. The van der Waals surface area contributed by atoms with Gasteiger partial charge in [-0.3, -0.25) is 9.59 Å². The zero-order chi connectivity index (χ0) is 17.0. The lowest BCUT2D eigenvalue weighted by Crippen LogP contribution is -2.48. The summed E-state index contributed by atoms with van der Waals surface area (Å²) in [6, 6.07) is 6.23. The number of benzene rings is 1. The summed E-state index contributed by atoms with van der Waals surface area (Å²) < 4.78 is 0. The van der Waals surface area contributed by atoms with Gasteiger partial charge in [0.25, 0.3) is 0 Å². The van der Waals surface area contributed by atoms with Gasteiger partial charge in [0.2, 0.25) is 11.8 Å². The molecule has 0 N–H and O–H groups in total. The van der Waals surface area contributed by atoms with Crippen LogP contribution in [0.2, 0.25) is 0 Å². The summed E-state index contributed by atoms with van der Waals surface area (Å²) in [5, 5.41) is 0. The van der Waals surface area contributed by atoms with Crippen molar-refractivity contribution >= 4 is 17.5 Å². The van der Waals surface area contributed by atoms with Crippen molar-refractivity contribution in [3.8, 4) is 0 Å². The third-order valence-corrected chi connectivity index (χ3v) is 4.89. The van der Waals surface area contributed by atoms with Crippen LogP contribution in [0.3, 0.4) is 0 Å². The molecule has 2 rings (SSSR count). The second kappa shape index (κ2) is 7.62. The van der Waals surface area contributed by atoms with Crippen LogP contribution in [-0.2, 0) is 9.59 Å². The van der Waals surface area contributed by atoms with Gasteiger partial charge in [0.1, 0.15) is 6.54 Å². The van der Waals surface area contributed by atoms with Gasteiger partial charge in [-0.1, -0.05) is 13.0 Å². The van der Waals surface area contributed by atoms with Crippen LogP contribution in [0, 0.1) is 13.8 Å². The van der Waals surface area contributed by atoms with Crippen LogP contribution in [0.1, 0.15) is 50.7 Å². The third kappa shape index (κ3) is 4.12. The molecule has 1 aromatic rings. The van der Waals surface area contributed by atoms with E-state index >= 15 is 0 Å². The molecule has 126 valence electrons. The molecule has 1 aliphatic heterocycles. The lowest BCUT2D eigenvalue weighted by Gasteiger charge is -2.36. The number of aryl methyl sites for hydroxylation is 2. The van der Waals surface area contributed by atoms with E-state index in [1.807, 2.05) is 36.9 Å². The number of hydrogen-bond donors (Lipinski definition) is 0. The Kier molecular flexibility index (Phi) is 5.80. The van der Waals surface area contributed by atoms with Crippen LogP contribution >= 0.6 is 0 Å².